The minimum atomic E-state index is -0.920. The number of aryl methyl sites for hydroxylation is 1. The first kappa shape index (κ1) is 21.8. The van der Waals surface area contributed by atoms with E-state index in [1.165, 1.54) is 29.1 Å². The van der Waals surface area contributed by atoms with Crippen LogP contribution in [0.4, 0.5) is 17.2 Å². The Morgan fingerprint density at radius 1 is 1.41 bits per heavy atom. The molecule has 0 amide bonds. The van der Waals surface area contributed by atoms with Gasteiger partial charge in [0.25, 0.3) is 0 Å². The van der Waals surface area contributed by atoms with Gasteiger partial charge < -0.3 is 26.3 Å². The van der Waals surface area contributed by atoms with Crippen LogP contribution in [0.5, 0.6) is 5.75 Å². The fraction of sp³-hybridized carbons (Fsp3) is 0.304. The van der Waals surface area contributed by atoms with E-state index in [1.807, 2.05) is 13.8 Å². The van der Waals surface area contributed by atoms with Crippen molar-refractivity contribution in [2.45, 2.75) is 39.2 Å². The highest BCUT2D eigenvalue weighted by molar-refractivity contribution is 7.19. The molecule has 2 aromatic heterocycles. The van der Waals surface area contributed by atoms with Crippen molar-refractivity contribution >= 4 is 50.9 Å². The molecule has 8 nitrogen and oxygen atoms in total. The lowest BCUT2D eigenvalue weighted by Crippen LogP contribution is -2.11. The van der Waals surface area contributed by atoms with E-state index in [-0.39, 0.29) is 12.0 Å². The third-order valence-electron chi connectivity index (χ3n) is 5.35. The van der Waals surface area contributed by atoms with Gasteiger partial charge in [0.05, 0.1) is 17.2 Å². The molecule has 1 aliphatic rings. The van der Waals surface area contributed by atoms with Crippen LogP contribution < -0.4 is 15.8 Å². The molecule has 3 aromatic rings. The van der Waals surface area contributed by atoms with Crippen molar-refractivity contribution in [2.75, 3.05) is 11.1 Å². The number of aliphatic carboxylic acids is 1. The summed E-state index contributed by atoms with van der Waals surface area (Å²) in [4.78, 5) is 22.0. The van der Waals surface area contributed by atoms with Crippen molar-refractivity contribution in [1.29, 1.82) is 5.41 Å². The predicted octanol–water partition coefficient (Wildman–Crippen LogP) is 4.55. The van der Waals surface area contributed by atoms with Gasteiger partial charge in [0.1, 0.15) is 22.7 Å². The monoisotopic (exact) mass is 451 g/mol. The third kappa shape index (κ3) is 4.43. The maximum absolute atomic E-state index is 10.9. The van der Waals surface area contributed by atoms with Crippen molar-refractivity contribution < 1.29 is 14.6 Å². The van der Waals surface area contributed by atoms with E-state index in [9.17, 15) is 4.79 Å². The van der Waals surface area contributed by atoms with Crippen LogP contribution in [0.15, 0.2) is 30.6 Å². The van der Waals surface area contributed by atoms with Gasteiger partial charge >= 0.3 is 5.97 Å². The molecule has 4 rings (SSSR count). The normalized spacial score (nSPS) is 15.8. The fourth-order valence-electron chi connectivity index (χ4n) is 3.93. The predicted molar refractivity (Wildman–Crippen MR) is 127 cm³/mol. The number of ether oxygens (including phenoxy) is 1. The summed E-state index contributed by atoms with van der Waals surface area (Å²) in [6, 6.07) is 3.52. The van der Waals surface area contributed by atoms with Gasteiger partial charge in [0.15, 0.2) is 0 Å². The Balaban J connectivity index is 1.73. The van der Waals surface area contributed by atoms with Gasteiger partial charge in [0.2, 0.25) is 0 Å². The molecule has 1 aromatic carbocycles. The number of carboxylic acid groups (broad SMARTS) is 1. The van der Waals surface area contributed by atoms with Gasteiger partial charge in [0, 0.05) is 34.5 Å². The number of nitrogen functional groups attached to an aromatic ring is 1. The Morgan fingerprint density at radius 3 is 2.94 bits per heavy atom. The van der Waals surface area contributed by atoms with Crippen LogP contribution in [-0.2, 0) is 17.6 Å². The van der Waals surface area contributed by atoms with Crippen LogP contribution in [0.1, 0.15) is 36.3 Å². The van der Waals surface area contributed by atoms with E-state index in [2.05, 4.69) is 15.3 Å². The lowest BCUT2D eigenvalue weighted by atomic mass is 9.87. The zero-order chi connectivity index (χ0) is 22.8. The molecule has 0 aliphatic heterocycles. The maximum atomic E-state index is 10.9. The van der Waals surface area contributed by atoms with E-state index >= 15 is 0 Å². The number of carboxylic acids is 1. The number of hydrogen-bond donors (Lipinski definition) is 4. The number of nitrogens with two attached hydrogens (primary N) is 1. The Labute approximate surface area is 189 Å². The average molecular weight is 452 g/mol. The van der Waals surface area contributed by atoms with Crippen molar-refractivity contribution in [3.05, 3.63) is 46.6 Å². The lowest BCUT2D eigenvalue weighted by Gasteiger charge is -2.20. The average Bonchev–Trinajstić information content (AvgIpc) is 3.12. The summed E-state index contributed by atoms with van der Waals surface area (Å²) < 4.78 is 5.95. The molecule has 0 saturated heterocycles. The van der Waals surface area contributed by atoms with Crippen molar-refractivity contribution in [3.63, 3.8) is 0 Å². The zero-order valence-electron chi connectivity index (χ0n) is 17.9. The number of hydrogen-bond acceptors (Lipinski definition) is 8. The summed E-state index contributed by atoms with van der Waals surface area (Å²) in [6.07, 6.45) is 8.21. The molecule has 1 aliphatic carbocycles. The van der Waals surface area contributed by atoms with E-state index in [1.54, 1.807) is 29.5 Å². The Morgan fingerprint density at radius 2 is 2.22 bits per heavy atom. The van der Waals surface area contributed by atoms with Crippen LogP contribution >= 0.6 is 11.3 Å². The van der Waals surface area contributed by atoms with Crippen LogP contribution in [0, 0.1) is 11.3 Å². The highest BCUT2D eigenvalue weighted by Crippen LogP contribution is 2.42. The standard InChI is InChI=1S/C23H25N5O3S/c1-12(2)31-18-9-16(25)14(10-24)8-17(18)28-22-21-15-5-3-13(4-6-20(29)30)7-19(15)32-23(21)27-11-26-22/h4,6,8-13,24H,3,5,7,25H2,1-2H3,(H,29,30)(H,26,27,28)/b6-4+,24-10?. The topological polar surface area (TPSA) is 134 Å². The SMILES string of the molecule is CC(C)Oc1cc(N)c(C=N)cc1Nc1ncnc2sc3c(c12)CCC(/C=C/C(=O)O)C3. The number of fused-ring (bicyclic) bond motifs is 3. The summed E-state index contributed by atoms with van der Waals surface area (Å²) in [5, 5.41) is 20.9. The van der Waals surface area contributed by atoms with E-state index in [4.69, 9.17) is 21.0 Å². The van der Waals surface area contributed by atoms with Crippen LogP contribution in [0.3, 0.4) is 0 Å². The first-order valence-corrected chi connectivity index (χ1v) is 11.2. The minimum absolute atomic E-state index is 0.0455. The highest BCUT2D eigenvalue weighted by Gasteiger charge is 2.24. The molecule has 166 valence electrons. The van der Waals surface area contributed by atoms with E-state index in [0.29, 0.717) is 28.5 Å². The molecule has 0 spiro atoms. The number of nitrogens with zero attached hydrogens (tertiary/aromatic N) is 2. The van der Waals surface area contributed by atoms with Gasteiger partial charge in [-0.15, -0.1) is 11.3 Å². The first-order valence-electron chi connectivity index (χ1n) is 10.4. The Bertz CT molecular complexity index is 1220. The molecule has 5 N–H and O–H groups in total. The van der Waals surface area contributed by atoms with Gasteiger partial charge in [-0.25, -0.2) is 14.8 Å². The number of carbonyl (C=O) groups is 1. The van der Waals surface area contributed by atoms with Crippen molar-refractivity contribution in [1.82, 2.24) is 9.97 Å². The highest BCUT2D eigenvalue weighted by atomic mass is 32.1. The molecule has 32 heavy (non-hydrogen) atoms. The maximum Gasteiger partial charge on any atom is 0.327 e. The minimum Gasteiger partial charge on any atom is -0.489 e. The zero-order valence-corrected chi connectivity index (χ0v) is 18.7. The number of aromatic nitrogens is 2. The van der Waals surface area contributed by atoms with Gasteiger partial charge in [-0.3, -0.25) is 0 Å². The first-order chi connectivity index (χ1) is 15.4. The number of benzene rings is 1. The van der Waals surface area contributed by atoms with Gasteiger partial charge in [-0.2, -0.15) is 0 Å². The number of thiophene rings is 1. The van der Waals surface area contributed by atoms with Crippen molar-refractivity contribution in [3.8, 4) is 5.75 Å². The third-order valence-corrected chi connectivity index (χ3v) is 6.51. The quantitative estimate of drug-likeness (QED) is 0.235. The van der Waals surface area contributed by atoms with Gasteiger partial charge in [-0.05, 0) is 50.7 Å². The molecule has 0 saturated carbocycles. The Kier molecular flexibility index (Phi) is 6.09. The molecular weight excluding hydrogens is 426 g/mol. The molecule has 0 bridgehead atoms. The largest absolute Gasteiger partial charge is 0.489 e. The van der Waals surface area contributed by atoms with Crippen LogP contribution in [0.25, 0.3) is 10.2 Å². The van der Waals surface area contributed by atoms with Crippen molar-refractivity contribution in [2.24, 2.45) is 5.92 Å². The Hall–Kier alpha value is -3.46. The second-order valence-electron chi connectivity index (χ2n) is 8.02. The molecule has 1 unspecified atom stereocenters. The van der Waals surface area contributed by atoms with Gasteiger partial charge in [-0.1, -0.05) is 6.08 Å². The molecule has 0 fully saturated rings. The molecule has 2 heterocycles. The van der Waals surface area contributed by atoms with Crippen LogP contribution in [-0.4, -0.2) is 33.4 Å². The smallest absolute Gasteiger partial charge is 0.327 e. The molecule has 0 radical (unpaired) electrons. The second-order valence-corrected chi connectivity index (χ2v) is 9.10. The number of anilines is 3. The fourth-order valence-corrected chi connectivity index (χ4v) is 5.21. The number of allylic oxidation sites excluding steroid dienone is 1. The van der Waals surface area contributed by atoms with E-state index < -0.39 is 5.97 Å². The summed E-state index contributed by atoms with van der Waals surface area (Å²) in [5.41, 5.74) is 9.03. The number of nitrogens with one attached hydrogen (secondary N) is 2. The number of rotatable bonds is 7. The molecular formula is C23H25N5O3S. The lowest BCUT2D eigenvalue weighted by molar-refractivity contribution is -0.131. The molecule has 1 atom stereocenters. The van der Waals surface area contributed by atoms with Crippen LogP contribution in [0.2, 0.25) is 0 Å². The summed E-state index contributed by atoms with van der Waals surface area (Å²) in [5.74, 6) is 0.560. The summed E-state index contributed by atoms with van der Waals surface area (Å²) in [7, 11) is 0. The van der Waals surface area contributed by atoms with E-state index in [0.717, 1.165) is 29.5 Å². The summed E-state index contributed by atoms with van der Waals surface area (Å²) in [6.45, 7) is 3.88. The molecule has 9 heteroatoms. The summed E-state index contributed by atoms with van der Waals surface area (Å²) >= 11 is 1.63. The second kappa shape index (κ2) is 8.96.